The fourth-order valence-corrected chi connectivity index (χ4v) is 3.47. The van der Waals surface area contributed by atoms with E-state index in [2.05, 4.69) is 20.4 Å². The van der Waals surface area contributed by atoms with Crippen LogP contribution in [-0.2, 0) is 4.79 Å². The van der Waals surface area contributed by atoms with E-state index in [1.165, 1.54) is 0 Å². The first-order valence-electron chi connectivity index (χ1n) is 10.0. The van der Waals surface area contributed by atoms with Crippen molar-refractivity contribution < 1.29 is 14.7 Å². The summed E-state index contributed by atoms with van der Waals surface area (Å²) in [5, 5.41) is 15.3. The molecule has 0 radical (unpaired) electrons. The lowest BCUT2D eigenvalue weighted by Crippen LogP contribution is -2.48. The maximum Gasteiger partial charge on any atom is 0.251 e. The Hall–Kier alpha value is -3.06. The summed E-state index contributed by atoms with van der Waals surface area (Å²) < 4.78 is 0. The lowest BCUT2D eigenvalue weighted by molar-refractivity contribution is -0.117. The van der Waals surface area contributed by atoms with Gasteiger partial charge in [0, 0.05) is 49.2 Å². The number of hydrogen-bond acceptors (Lipinski definition) is 5. The summed E-state index contributed by atoms with van der Waals surface area (Å²) in [6.07, 6.45) is 2.09. The van der Waals surface area contributed by atoms with Gasteiger partial charge in [-0.3, -0.25) is 14.5 Å². The molecule has 4 rings (SSSR count). The van der Waals surface area contributed by atoms with Crippen molar-refractivity contribution in [3.8, 4) is 5.75 Å². The number of phenols is 1. The smallest absolute Gasteiger partial charge is 0.251 e. The van der Waals surface area contributed by atoms with E-state index >= 15 is 0 Å². The molecule has 3 N–H and O–H groups in total. The largest absolute Gasteiger partial charge is 0.508 e. The van der Waals surface area contributed by atoms with Gasteiger partial charge in [-0.2, -0.15) is 0 Å². The number of nitrogens with zero attached hydrogens (tertiary/aromatic N) is 2. The van der Waals surface area contributed by atoms with E-state index < -0.39 is 0 Å². The number of aromatic hydroxyl groups is 1. The maximum atomic E-state index is 12.4. The summed E-state index contributed by atoms with van der Waals surface area (Å²) in [6.45, 7) is 3.56. The molecular weight excluding hydrogens is 368 g/mol. The molecule has 1 saturated carbocycles. The Kier molecular flexibility index (Phi) is 5.67. The number of anilines is 2. The zero-order valence-electron chi connectivity index (χ0n) is 16.3. The van der Waals surface area contributed by atoms with Crippen LogP contribution >= 0.6 is 0 Å². The third kappa shape index (κ3) is 5.26. The van der Waals surface area contributed by atoms with Gasteiger partial charge >= 0.3 is 0 Å². The van der Waals surface area contributed by atoms with Crippen molar-refractivity contribution in [1.82, 2.24) is 10.2 Å². The molecule has 0 spiro atoms. The third-order valence-electron chi connectivity index (χ3n) is 5.28. The van der Waals surface area contributed by atoms with Gasteiger partial charge in [0.15, 0.2) is 0 Å². The molecule has 2 fully saturated rings. The molecule has 1 aliphatic carbocycles. The molecule has 2 aromatic carbocycles. The highest BCUT2D eigenvalue weighted by Gasteiger charge is 2.24. The minimum atomic E-state index is -0.0889. The van der Waals surface area contributed by atoms with Crippen molar-refractivity contribution in [2.75, 3.05) is 42.9 Å². The quantitative estimate of drug-likeness (QED) is 0.698. The van der Waals surface area contributed by atoms with Crippen molar-refractivity contribution in [2.45, 2.75) is 18.9 Å². The molecule has 0 atom stereocenters. The van der Waals surface area contributed by atoms with Crippen LogP contribution in [0.15, 0.2) is 48.5 Å². The number of carbonyl (C=O) groups is 2. The van der Waals surface area contributed by atoms with Crippen LogP contribution in [0.4, 0.5) is 11.4 Å². The highest BCUT2D eigenvalue weighted by molar-refractivity contribution is 5.97. The number of carbonyl (C=O) groups excluding carboxylic acids is 2. The first-order valence-corrected chi connectivity index (χ1v) is 10.0. The monoisotopic (exact) mass is 394 g/mol. The van der Waals surface area contributed by atoms with Crippen molar-refractivity contribution in [3.05, 3.63) is 54.1 Å². The fourth-order valence-electron chi connectivity index (χ4n) is 3.47. The van der Waals surface area contributed by atoms with E-state index in [0.717, 1.165) is 44.7 Å². The molecule has 0 aromatic heterocycles. The second-order valence-corrected chi connectivity index (χ2v) is 7.66. The van der Waals surface area contributed by atoms with E-state index in [-0.39, 0.29) is 17.6 Å². The van der Waals surface area contributed by atoms with Gasteiger partial charge in [0.1, 0.15) is 5.75 Å². The zero-order valence-corrected chi connectivity index (χ0v) is 16.3. The summed E-state index contributed by atoms with van der Waals surface area (Å²) in [5.41, 5.74) is 2.28. The number of benzene rings is 2. The minimum absolute atomic E-state index is 0.0807. The van der Waals surface area contributed by atoms with Crippen molar-refractivity contribution in [3.63, 3.8) is 0 Å². The van der Waals surface area contributed by atoms with E-state index in [0.29, 0.717) is 23.8 Å². The molecule has 2 aliphatic rings. The Morgan fingerprint density at radius 2 is 1.72 bits per heavy atom. The lowest BCUT2D eigenvalue weighted by atomic mass is 10.2. The Balaban J connectivity index is 1.26. The second kappa shape index (κ2) is 8.53. The molecule has 2 aromatic rings. The van der Waals surface area contributed by atoms with Crippen LogP contribution in [0.3, 0.4) is 0 Å². The van der Waals surface area contributed by atoms with Gasteiger partial charge in [-0.05, 0) is 55.3 Å². The van der Waals surface area contributed by atoms with Crippen LogP contribution in [0.5, 0.6) is 5.75 Å². The molecule has 1 heterocycles. The van der Waals surface area contributed by atoms with Crippen molar-refractivity contribution >= 4 is 23.2 Å². The zero-order chi connectivity index (χ0) is 20.2. The van der Waals surface area contributed by atoms with Gasteiger partial charge in [0.2, 0.25) is 5.91 Å². The molecule has 0 bridgehead atoms. The van der Waals surface area contributed by atoms with Gasteiger partial charge in [-0.15, -0.1) is 0 Å². The van der Waals surface area contributed by atoms with Crippen LogP contribution in [0, 0.1) is 0 Å². The predicted octanol–water partition coefficient (Wildman–Crippen LogP) is 2.05. The van der Waals surface area contributed by atoms with E-state index in [9.17, 15) is 14.7 Å². The molecule has 152 valence electrons. The van der Waals surface area contributed by atoms with E-state index in [1.54, 1.807) is 36.4 Å². The molecular formula is C22H26N4O3. The minimum Gasteiger partial charge on any atom is -0.508 e. The number of phenolic OH excluding ortho intramolecular Hbond substituents is 1. The predicted molar refractivity (Wildman–Crippen MR) is 112 cm³/mol. The topological polar surface area (TPSA) is 84.9 Å². The van der Waals surface area contributed by atoms with Crippen molar-refractivity contribution in [1.29, 1.82) is 0 Å². The average Bonchev–Trinajstić information content (AvgIpc) is 3.53. The van der Waals surface area contributed by atoms with Crippen molar-refractivity contribution in [2.24, 2.45) is 0 Å². The van der Waals surface area contributed by atoms with E-state index in [1.807, 2.05) is 12.1 Å². The molecule has 7 heteroatoms. The summed E-state index contributed by atoms with van der Waals surface area (Å²) in [4.78, 5) is 29.0. The summed E-state index contributed by atoms with van der Waals surface area (Å²) in [7, 11) is 0. The first kappa shape index (κ1) is 19.3. The van der Waals surface area contributed by atoms with Crippen LogP contribution in [0.25, 0.3) is 0 Å². The average molecular weight is 394 g/mol. The van der Waals surface area contributed by atoms with Gasteiger partial charge in [-0.1, -0.05) is 6.07 Å². The standard InChI is InChI=1S/C22H26N4O3/c27-20-8-6-19(7-9-20)26-12-10-25(11-13-26)15-21(28)23-18-3-1-2-16(14-18)22(29)24-17-4-5-17/h1-3,6-9,14,17,27H,4-5,10-13,15H2,(H,23,28)(H,24,29). The highest BCUT2D eigenvalue weighted by Crippen LogP contribution is 2.21. The van der Waals surface area contributed by atoms with Crippen LogP contribution in [0.1, 0.15) is 23.2 Å². The summed E-state index contributed by atoms with van der Waals surface area (Å²) in [5.74, 6) is 0.0925. The Bertz CT molecular complexity index is 872. The first-order chi connectivity index (χ1) is 14.1. The molecule has 1 saturated heterocycles. The van der Waals surface area contributed by atoms with Gasteiger partial charge in [0.05, 0.1) is 6.54 Å². The number of piperazine rings is 1. The third-order valence-corrected chi connectivity index (χ3v) is 5.28. The molecule has 7 nitrogen and oxygen atoms in total. The molecule has 1 aliphatic heterocycles. The maximum absolute atomic E-state index is 12.4. The van der Waals surface area contributed by atoms with Gasteiger partial charge < -0.3 is 20.6 Å². The number of rotatable bonds is 6. The van der Waals surface area contributed by atoms with E-state index in [4.69, 9.17) is 0 Å². The lowest BCUT2D eigenvalue weighted by Gasteiger charge is -2.35. The summed E-state index contributed by atoms with van der Waals surface area (Å²) in [6, 6.07) is 14.6. The van der Waals surface area contributed by atoms with Gasteiger partial charge in [0.25, 0.3) is 5.91 Å². The number of hydrogen-bond donors (Lipinski definition) is 3. The normalized spacial score (nSPS) is 17.0. The van der Waals surface area contributed by atoms with Crippen LogP contribution < -0.4 is 15.5 Å². The highest BCUT2D eigenvalue weighted by atomic mass is 16.3. The molecule has 29 heavy (non-hydrogen) atoms. The fraction of sp³-hybridized carbons (Fsp3) is 0.364. The SMILES string of the molecule is O=C(CN1CCN(c2ccc(O)cc2)CC1)Nc1cccc(C(=O)NC2CC2)c1. The Labute approximate surface area is 170 Å². The number of amides is 2. The Morgan fingerprint density at radius 1 is 1.00 bits per heavy atom. The molecule has 2 amide bonds. The molecule has 0 unspecified atom stereocenters. The summed E-state index contributed by atoms with van der Waals surface area (Å²) >= 11 is 0. The Morgan fingerprint density at radius 3 is 2.41 bits per heavy atom. The van der Waals surface area contributed by atoms with Crippen LogP contribution in [-0.4, -0.2) is 60.6 Å². The van der Waals surface area contributed by atoms with Gasteiger partial charge in [-0.25, -0.2) is 0 Å². The number of nitrogens with one attached hydrogen (secondary N) is 2. The second-order valence-electron chi connectivity index (χ2n) is 7.66. The van der Waals surface area contributed by atoms with Crippen LogP contribution in [0.2, 0.25) is 0 Å².